The molecule has 2 aliphatic carbocycles. The van der Waals surface area contributed by atoms with Crippen LogP contribution in [0, 0.1) is 0 Å². The topological polar surface area (TPSA) is 21.7 Å². The summed E-state index contributed by atoms with van der Waals surface area (Å²) in [6, 6.07) is 54.8. The second-order valence-corrected chi connectivity index (χ2v) is 17.3. The van der Waals surface area contributed by atoms with E-state index in [1.165, 1.54) is 44.5 Å². The van der Waals surface area contributed by atoms with Crippen molar-refractivity contribution in [3.05, 3.63) is 234 Å². The van der Waals surface area contributed by atoms with Crippen LogP contribution in [0.4, 0.5) is 11.4 Å². The number of para-hydroxylation sites is 1. The summed E-state index contributed by atoms with van der Waals surface area (Å²) in [5, 5.41) is 0. The van der Waals surface area contributed by atoms with Gasteiger partial charge >= 0.3 is 7.12 Å². The Labute approximate surface area is 368 Å². The Morgan fingerprint density at radius 2 is 1.10 bits per heavy atom. The molecule has 0 bridgehead atoms. The zero-order chi connectivity index (χ0) is 43.1. The van der Waals surface area contributed by atoms with Gasteiger partial charge in [0.1, 0.15) is 0 Å². The third-order valence-corrected chi connectivity index (χ3v) is 13.2. The van der Waals surface area contributed by atoms with E-state index < -0.39 is 12.5 Å². The first kappa shape index (κ1) is 40.9. The fourth-order valence-electron chi connectivity index (χ4n) is 9.51. The molecule has 0 radical (unpaired) electrons. The molecule has 1 fully saturated rings. The van der Waals surface area contributed by atoms with Crippen LogP contribution in [0.1, 0.15) is 70.2 Å². The van der Waals surface area contributed by atoms with Crippen molar-refractivity contribution in [1.82, 2.24) is 0 Å². The molecular weight excluding hydrogens is 753 g/mol. The van der Waals surface area contributed by atoms with Crippen LogP contribution < -0.4 is 10.4 Å². The number of rotatable bonds is 11. The van der Waals surface area contributed by atoms with E-state index in [0.29, 0.717) is 0 Å². The van der Waals surface area contributed by atoms with Crippen molar-refractivity contribution < 1.29 is 9.31 Å². The van der Waals surface area contributed by atoms with Gasteiger partial charge in [-0.3, -0.25) is 0 Å². The van der Waals surface area contributed by atoms with Crippen LogP contribution >= 0.6 is 0 Å². The molecule has 6 aromatic carbocycles. The fraction of sp³-hybridized carbons (Fsp3) is 0.172. The molecule has 0 N–H and O–H groups in total. The predicted octanol–water partition coefficient (Wildman–Crippen LogP) is 14.2. The Bertz CT molecular complexity index is 2790. The summed E-state index contributed by atoms with van der Waals surface area (Å²) in [6.45, 7) is 17.1. The van der Waals surface area contributed by atoms with Crippen LogP contribution in [0.15, 0.2) is 212 Å². The number of fused-ring (bicyclic) bond motifs is 4. The van der Waals surface area contributed by atoms with Crippen LogP contribution in [0.25, 0.3) is 33.4 Å². The van der Waals surface area contributed by atoms with Gasteiger partial charge in [0.2, 0.25) is 0 Å². The lowest BCUT2D eigenvalue weighted by Gasteiger charge is -2.33. The quantitative estimate of drug-likeness (QED) is 0.122. The number of hydrogen-bond donors (Lipinski definition) is 0. The van der Waals surface area contributed by atoms with Crippen molar-refractivity contribution >= 4 is 35.1 Å². The van der Waals surface area contributed by atoms with Crippen molar-refractivity contribution in [3.63, 3.8) is 0 Å². The van der Waals surface area contributed by atoms with E-state index in [0.717, 1.165) is 45.5 Å². The summed E-state index contributed by atoms with van der Waals surface area (Å²) in [6.07, 6.45) is 16.8. The minimum absolute atomic E-state index is 0.389. The fourth-order valence-corrected chi connectivity index (χ4v) is 9.51. The molecular formula is C58H54BNO2. The zero-order valence-corrected chi connectivity index (χ0v) is 36.7. The van der Waals surface area contributed by atoms with E-state index in [9.17, 15) is 0 Å². The van der Waals surface area contributed by atoms with Crippen molar-refractivity contribution in [3.8, 4) is 22.3 Å². The molecule has 62 heavy (non-hydrogen) atoms. The van der Waals surface area contributed by atoms with E-state index in [-0.39, 0.29) is 11.2 Å². The molecule has 6 aromatic rings. The second-order valence-electron chi connectivity index (χ2n) is 17.3. The molecule has 3 nitrogen and oxygen atoms in total. The van der Waals surface area contributed by atoms with Crippen LogP contribution in [0.5, 0.6) is 0 Å². The van der Waals surface area contributed by atoms with E-state index in [4.69, 9.17) is 9.31 Å². The Morgan fingerprint density at radius 1 is 0.565 bits per heavy atom. The molecule has 0 aromatic heterocycles. The number of allylic oxidation sites excluding steroid dienone is 10. The highest BCUT2D eigenvalue weighted by atomic mass is 16.7. The van der Waals surface area contributed by atoms with Gasteiger partial charge in [-0.15, -0.1) is 0 Å². The molecule has 0 saturated carbocycles. The first-order chi connectivity index (χ1) is 30.1. The van der Waals surface area contributed by atoms with Crippen molar-refractivity contribution in [2.24, 2.45) is 0 Å². The summed E-state index contributed by atoms with van der Waals surface area (Å²) < 4.78 is 12.7. The van der Waals surface area contributed by atoms with E-state index in [2.05, 4.69) is 247 Å². The maximum absolute atomic E-state index is 6.35. The first-order valence-electron chi connectivity index (χ1n) is 21.9. The van der Waals surface area contributed by atoms with Crippen LogP contribution in [0.2, 0.25) is 0 Å². The molecule has 306 valence electrons. The monoisotopic (exact) mass is 807 g/mol. The smallest absolute Gasteiger partial charge is 0.399 e. The minimum Gasteiger partial charge on any atom is -0.399 e. The van der Waals surface area contributed by atoms with Gasteiger partial charge in [0.05, 0.1) is 22.3 Å². The van der Waals surface area contributed by atoms with Gasteiger partial charge in [0.25, 0.3) is 0 Å². The molecule has 1 aliphatic heterocycles. The van der Waals surface area contributed by atoms with Crippen LogP contribution in [0.3, 0.4) is 0 Å². The predicted molar refractivity (Wildman–Crippen MR) is 263 cm³/mol. The Balaban J connectivity index is 1.19. The maximum atomic E-state index is 6.35. The average Bonchev–Trinajstić information content (AvgIpc) is 3.83. The molecule has 1 atom stereocenters. The zero-order valence-electron chi connectivity index (χ0n) is 36.7. The Kier molecular flexibility index (Phi) is 10.8. The van der Waals surface area contributed by atoms with Gasteiger partial charge in [-0.1, -0.05) is 177 Å². The Morgan fingerprint density at radius 3 is 1.69 bits per heavy atom. The van der Waals surface area contributed by atoms with Crippen LogP contribution in [-0.2, 0) is 14.7 Å². The highest BCUT2D eigenvalue weighted by Gasteiger charge is 2.53. The highest BCUT2D eigenvalue weighted by Crippen LogP contribution is 2.62. The lowest BCUT2D eigenvalue weighted by atomic mass is 9.68. The Hall–Kier alpha value is -6.46. The lowest BCUT2D eigenvalue weighted by molar-refractivity contribution is 0.00578. The SMILES string of the molecule is C=CC1=C(C=CCC)C2(C(/C=C/N(c3ccc(-c4ccc(B5OC(C)(C)C(C)(C)O5)cc4)cc3)c3ccccc3-c3ccccc3)=C(/C=C\C)c3ccccc32)c2ccccc21. The van der Waals surface area contributed by atoms with Crippen molar-refractivity contribution in [2.45, 2.75) is 64.6 Å². The van der Waals surface area contributed by atoms with Gasteiger partial charge in [-0.05, 0) is 132 Å². The molecule has 3 aliphatic rings. The first-order valence-corrected chi connectivity index (χ1v) is 21.9. The van der Waals surface area contributed by atoms with E-state index in [1.807, 2.05) is 0 Å². The summed E-state index contributed by atoms with van der Waals surface area (Å²) in [5.41, 5.74) is 16.4. The van der Waals surface area contributed by atoms with Crippen LogP contribution in [-0.4, -0.2) is 18.3 Å². The third kappa shape index (κ3) is 6.79. The minimum atomic E-state index is -0.547. The van der Waals surface area contributed by atoms with Gasteiger partial charge in [-0.2, -0.15) is 0 Å². The number of nitrogens with zero attached hydrogens (tertiary/aromatic N) is 1. The van der Waals surface area contributed by atoms with E-state index >= 15 is 0 Å². The summed E-state index contributed by atoms with van der Waals surface area (Å²) in [7, 11) is -0.396. The molecule has 1 heterocycles. The molecule has 1 spiro atoms. The summed E-state index contributed by atoms with van der Waals surface area (Å²) in [4.78, 5) is 2.35. The van der Waals surface area contributed by atoms with Gasteiger partial charge in [0, 0.05) is 17.5 Å². The van der Waals surface area contributed by atoms with E-state index in [1.54, 1.807) is 0 Å². The molecule has 1 saturated heterocycles. The second kappa shape index (κ2) is 16.4. The number of anilines is 2. The van der Waals surface area contributed by atoms with Gasteiger partial charge < -0.3 is 14.2 Å². The third-order valence-electron chi connectivity index (χ3n) is 13.2. The lowest BCUT2D eigenvalue weighted by Crippen LogP contribution is -2.41. The molecule has 0 amide bonds. The molecule has 9 rings (SSSR count). The highest BCUT2D eigenvalue weighted by molar-refractivity contribution is 6.62. The summed E-state index contributed by atoms with van der Waals surface area (Å²) >= 11 is 0. The number of hydrogen-bond acceptors (Lipinski definition) is 3. The maximum Gasteiger partial charge on any atom is 0.494 e. The largest absolute Gasteiger partial charge is 0.494 e. The summed E-state index contributed by atoms with van der Waals surface area (Å²) in [5.74, 6) is 0. The normalized spacial score (nSPS) is 18.8. The average molecular weight is 808 g/mol. The molecule has 1 unspecified atom stereocenters. The van der Waals surface area contributed by atoms with Gasteiger partial charge in [0.15, 0.2) is 0 Å². The van der Waals surface area contributed by atoms with Crippen molar-refractivity contribution in [1.29, 1.82) is 0 Å². The standard InChI is InChI=1S/C58H54BNO2/c1-8-11-27-51-46(10-3)49-25-15-18-28-52(49)58(51)53-29-19-16-26-50(53)48(21-9-2)54(58)39-40-60(55-30-20-17-24-47(55)43-22-13-12-14-23-43)45-37-33-42(34-38-45)41-31-35-44(36-32-41)59-61-56(4,5)57(6,7)62-59/h9-40H,3,8H2,1-2,4-7H3/b21-9-,27-11?,40-39+. The number of benzene rings is 6. The molecule has 4 heteroatoms. The van der Waals surface area contributed by atoms with Gasteiger partial charge in [-0.25, -0.2) is 0 Å². The van der Waals surface area contributed by atoms with Crippen molar-refractivity contribution in [2.75, 3.05) is 4.90 Å².